The molecular formula is C17H13N3O3S2. The van der Waals surface area contributed by atoms with Crippen molar-refractivity contribution >= 4 is 33.7 Å². The highest BCUT2D eigenvalue weighted by atomic mass is 32.1. The van der Waals surface area contributed by atoms with E-state index in [0.717, 1.165) is 10.4 Å². The molecule has 0 fully saturated rings. The summed E-state index contributed by atoms with van der Waals surface area (Å²) in [6.07, 6.45) is 1.80. The quantitative estimate of drug-likeness (QED) is 0.551. The second-order valence-electron chi connectivity index (χ2n) is 5.14. The molecule has 1 aromatic carbocycles. The first-order chi connectivity index (χ1) is 12.2. The van der Waals surface area contributed by atoms with Gasteiger partial charge in [-0.1, -0.05) is 23.5 Å². The minimum Gasteiger partial charge on any atom is -0.493 e. The Balaban J connectivity index is 1.79. The first-order valence-corrected chi connectivity index (χ1v) is 9.06. The Bertz CT molecular complexity index is 1150. The Hall–Kier alpha value is -2.71. The zero-order valence-electron chi connectivity index (χ0n) is 13.4. The Morgan fingerprint density at radius 1 is 1.16 bits per heavy atom. The lowest BCUT2D eigenvalue weighted by Crippen LogP contribution is -2.23. The fraction of sp³-hybridized carbons (Fsp3) is 0.118. The molecule has 3 aromatic heterocycles. The largest absolute Gasteiger partial charge is 0.493 e. The van der Waals surface area contributed by atoms with Gasteiger partial charge in [0.2, 0.25) is 4.96 Å². The molecule has 0 N–H and O–H groups in total. The minimum atomic E-state index is -0.176. The summed E-state index contributed by atoms with van der Waals surface area (Å²) < 4.78 is 12.4. The number of hydrogen-bond donors (Lipinski definition) is 0. The van der Waals surface area contributed by atoms with Gasteiger partial charge in [0.15, 0.2) is 17.3 Å². The van der Waals surface area contributed by atoms with Crippen molar-refractivity contribution in [2.45, 2.75) is 0 Å². The molecule has 0 saturated heterocycles. The second-order valence-corrected chi connectivity index (χ2v) is 7.09. The molecule has 8 heteroatoms. The van der Waals surface area contributed by atoms with Crippen molar-refractivity contribution in [2.24, 2.45) is 0 Å². The molecular weight excluding hydrogens is 358 g/mol. The summed E-state index contributed by atoms with van der Waals surface area (Å²) in [7, 11) is 3.16. The standard InChI is InChI=1S/C17H13N3O3S2/c1-22-11-6-5-10(8-12(11)23-2)9-14-16(21)20-17(25-14)18-15(19-20)13-4-3-7-24-13/h3-9H,1-2H3. The number of aromatic nitrogens is 3. The molecule has 4 aromatic rings. The maximum Gasteiger partial charge on any atom is 0.291 e. The maximum absolute atomic E-state index is 12.6. The predicted octanol–water partition coefficient (Wildman–Crippen LogP) is 2.44. The van der Waals surface area contributed by atoms with Gasteiger partial charge in [0, 0.05) is 0 Å². The van der Waals surface area contributed by atoms with E-state index in [-0.39, 0.29) is 5.56 Å². The number of rotatable bonds is 4. The molecule has 0 aliphatic heterocycles. The van der Waals surface area contributed by atoms with Gasteiger partial charge in [-0.3, -0.25) is 4.79 Å². The highest BCUT2D eigenvalue weighted by Gasteiger charge is 2.12. The van der Waals surface area contributed by atoms with Crippen molar-refractivity contribution in [3.05, 3.63) is 56.2 Å². The van der Waals surface area contributed by atoms with Crippen molar-refractivity contribution in [1.29, 1.82) is 0 Å². The van der Waals surface area contributed by atoms with Crippen LogP contribution in [0, 0.1) is 0 Å². The van der Waals surface area contributed by atoms with Crippen LogP contribution in [-0.2, 0) is 0 Å². The van der Waals surface area contributed by atoms with Crippen LogP contribution in [-0.4, -0.2) is 28.8 Å². The lowest BCUT2D eigenvalue weighted by Gasteiger charge is -2.07. The highest BCUT2D eigenvalue weighted by Crippen LogP contribution is 2.27. The zero-order valence-corrected chi connectivity index (χ0v) is 15.1. The van der Waals surface area contributed by atoms with Crippen molar-refractivity contribution in [3.63, 3.8) is 0 Å². The molecule has 0 atom stereocenters. The average Bonchev–Trinajstić information content (AvgIpc) is 3.34. The number of methoxy groups -OCH3 is 2. The third-order valence-corrected chi connectivity index (χ3v) is 5.45. The summed E-state index contributed by atoms with van der Waals surface area (Å²) in [5.41, 5.74) is 0.669. The lowest BCUT2D eigenvalue weighted by molar-refractivity contribution is 0.355. The van der Waals surface area contributed by atoms with Gasteiger partial charge in [-0.25, -0.2) is 0 Å². The number of fused-ring (bicyclic) bond motifs is 1. The van der Waals surface area contributed by atoms with Crippen molar-refractivity contribution in [2.75, 3.05) is 14.2 Å². The topological polar surface area (TPSA) is 65.7 Å². The van der Waals surface area contributed by atoms with Crippen LogP contribution in [0.5, 0.6) is 11.5 Å². The van der Waals surface area contributed by atoms with Gasteiger partial charge in [-0.15, -0.1) is 16.4 Å². The third-order valence-electron chi connectivity index (χ3n) is 3.63. The zero-order chi connectivity index (χ0) is 17.4. The Kier molecular flexibility index (Phi) is 3.98. The minimum absolute atomic E-state index is 0.176. The molecule has 25 heavy (non-hydrogen) atoms. The van der Waals surface area contributed by atoms with Gasteiger partial charge in [0.1, 0.15) is 0 Å². The number of nitrogens with zero attached hydrogens (tertiary/aromatic N) is 3. The molecule has 4 rings (SSSR count). The first-order valence-electron chi connectivity index (χ1n) is 7.37. The van der Waals surface area contributed by atoms with E-state index >= 15 is 0 Å². The van der Waals surface area contributed by atoms with Gasteiger partial charge < -0.3 is 9.47 Å². The number of benzene rings is 1. The molecule has 6 nitrogen and oxygen atoms in total. The molecule has 0 amide bonds. The van der Waals surface area contributed by atoms with E-state index in [1.165, 1.54) is 15.9 Å². The van der Waals surface area contributed by atoms with Crippen LogP contribution in [0.25, 0.3) is 21.7 Å². The fourth-order valence-corrected chi connectivity index (χ4v) is 4.00. The number of hydrogen-bond acceptors (Lipinski definition) is 7. The smallest absolute Gasteiger partial charge is 0.291 e. The SMILES string of the molecule is COc1ccc(C=c2sc3nc(-c4cccs4)nn3c2=O)cc1OC. The van der Waals surface area contributed by atoms with Gasteiger partial charge in [0.05, 0.1) is 23.6 Å². The van der Waals surface area contributed by atoms with E-state index in [1.807, 2.05) is 29.6 Å². The van der Waals surface area contributed by atoms with Gasteiger partial charge in [-0.2, -0.15) is 9.50 Å². The third kappa shape index (κ3) is 2.79. The molecule has 0 aliphatic rings. The lowest BCUT2D eigenvalue weighted by atomic mass is 10.2. The summed E-state index contributed by atoms with van der Waals surface area (Å²) >= 11 is 2.86. The van der Waals surface area contributed by atoms with Crippen molar-refractivity contribution < 1.29 is 9.47 Å². The van der Waals surface area contributed by atoms with Crippen molar-refractivity contribution in [1.82, 2.24) is 14.6 Å². The first kappa shape index (κ1) is 15.8. The summed E-state index contributed by atoms with van der Waals surface area (Å²) in [6.45, 7) is 0. The Morgan fingerprint density at radius 3 is 2.68 bits per heavy atom. The van der Waals surface area contributed by atoms with E-state index in [2.05, 4.69) is 10.1 Å². The molecule has 0 saturated carbocycles. The highest BCUT2D eigenvalue weighted by molar-refractivity contribution is 7.15. The van der Waals surface area contributed by atoms with Crippen LogP contribution in [0.4, 0.5) is 0 Å². The van der Waals surface area contributed by atoms with Crippen molar-refractivity contribution in [3.8, 4) is 22.2 Å². The Labute approximate surface area is 150 Å². The summed E-state index contributed by atoms with van der Waals surface area (Å²) in [4.78, 5) is 18.6. The molecule has 0 spiro atoms. The summed E-state index contributed by atoms with van der Waals surface area (Å²) in [6, 6.07) is 9.37. The predicted molar refractivity (Wildman–Crippen MR) is 98.8 cm³/mol. The van der Waals surface area contributed by atoms with Crippen LogP contribution in [0.2, 0.25) is 0 Å². The average molecular weight is 371 g/mol. The molecule has 0 unspecified atom stereocenters. The van der Waals surface area contributed by atoms with Gasteiger partial charge in [0.25, 0.3) is 5.56 Å². The number of thiazole rings is 1. The monoisotopic (exact) mass is 371 g/mol. The number of ether oxygens (including phenoxy) is 2. The second kappa shape index (κ2) is 6.30. The van der Waals surface area contributed by atoms with Crippen LogP contribution < -0.4 is 19.6 Å². The van der Waals surface area contributed by atoms with Gasteiger partial charge in [-0.05, 0) is 35.2 Å². The molecule has 126 valence electrons. The molecule has 0 bridgehead atoms. The van der Waals surface area contributed by atoms with Crippen LogP contribution in [0.15, 0.2) is 40.5 Å². The van der Waals surface area contributed by atoms with Gasteiger partial charge >= 0.3 is 0 Å². The van der Waals surface area contributed by atoms with Crippen LogP contribution >= 0.6 is 22.7 Å². The van der Waals surface area contributed by atoms with E-state index in [9.17, 15) is 4.79 Å². The Morgan fingerprint density at radius 2 is 2.00 bits per heavy atom. The maximum atomic E-state index is 12.6. The summed E-state index contributed by atoms with van der Waals surface area (Å²) in [5, 5.41) is 6.28. The molecule has 0 aliphatic carbocycles. The molecule has 3 heterocycles. The van der Waals surface area contributed by atoms with Crippen LogP contribution in [0.3, 0.4) is 0 Å². The molecule has 0 radical (unpaired) electrons. The normalized spacial score (nSPS) is 12.0. The van der Waals surface area contributed by atoms with E-state index in [0.29, 0.717) is 26.8 Å². The van der Waals surface area contributed by atoms with Crippen LogP contribution in [0.1, 0.15) is 5.56 Å². The van der Waals surface area contributed by atoms with E-state index in [1.54, 1.807) is 37.7 Å². The van der Waals surface area contributed by atoms with E-state index in [4.69, 9.17) is 9.47 Å². The fourth-order valence-electron chi connectivity index (χ4n) is 2.44. The van der Waals surface area contributed by atoms with E-state index < -0.39 is 0 Å². The summed E-state index contributed by atoms with van der Waals surface area (Å²) in [5.74, 6) is 1.84. The number of thiophene rings is 1.